The van der Waals surface area contributed by atoms with Crippen LogP contribution < -0.4 is 5.32 Å². The van der Waals surface area contributed by atoms with Gasteiger partial charge in [0.1, 0.15) is 5.54 Å². The number of hydrogen-bond acceptors (Lipinski definition) is 4. The minimum Gasteiger partial charge on any atom is -0.465 e. The van der Waals surface area contributed by atoms with Gasteiger partial charge in [-0.1, -0.05) is 0 Å². The van der Waals surface area contributed by atoms with Gasteiger partial charge in [-0.2, -0.15) is 0 Å². The van der Waals surface area contributed by atoms with E-state index in [0.29, 0.717) is 6.61 Å². The molecule has 0 radical (unpaired) electrons. The average Bonchev–Trinajstić information content (AvgIpc) is 3.29. The van der Waals surface area contributed by atoms with Crippen LogP contribution in [-0.4, -0.2) is 49.2 Å². The van der Waals surface area contributed by atoms with E-state index in [2.05, 4.69) is 10.2 Å². The fourth-order valence-electron chi connectivity index (χ4n) is 2.75. The van der Waals surface area contributed by atoms with Crippen LogP contribution >= 0.6 is 0 Å². The van der Waals surface area contributed by atoms with E-state index >= 15 is 0 Å². The molecule has 0 aromatic carbocycles. The first-order chi connectivity index (χ1) is 9.59. The summed E-state index contributed by atoms with van der Waals surface area (Å²) in [5, 5.41) is 3.14. The average molecular weight is 282 g/mol. The van der Waals surface area contributed by atoms with Gasteiger partial charge in [-0.05, 0) is 71.9 Å². The predicted octanol–water partition coefficient (Wildman–Crippen LogP) is 2.18. The van der Waals surface area contributed by atoms with Gasteiger partial charge in [-0.3, -0.25) is 4.79 Å². The van der Waals surface area contributed by atoms with E-state index in [1.807, 2.05) is 20.9 Å². The third-order valence-corrected chi connectivity index (χ3v) is 4.65. The highest BCUT2D eigenvalue weighted by molar-refractivity contribution is 5.80. The van der Waals surface area contributed by atoms with E-state index < -0.39 is 5.54 Å². The summed E-state index contributed by atoms with van der Waals surface area (Å²) in [5.74, 6) is 0.832. The van der Waals surface area contributed by atoms with Crippen LogP contribution in [0, 0.1) is 5.92 Å². The highest BCUT2D eigenvalue weighted by atomic mass is 16.5. The minimum atomic E-state index is -0.537. The van der Waals surface area contributed by atoms with Crippen molar-refractivity contribution in [1.82, 2.24) is 10.2 Å². The molecule has 4 nitrogen and oxygen atoms in total. The molecule has 0 bridgehead atoms. The van der Waals surface area contributed by atoms with Crippen molar-refractivity contribution in [3.05, 3.63) is 0 Å². The maximum absolute atomic E-state index is 12.0. The fourth-order valence-corrected chi connectivity index (χ4v) is 2.75. The third-order valence-electron chi connectivity index (χ3n) is 4.65. The number of ether oxygens (including phenoxy) is 1. The van der Waals surface area contributed by atoms with E-state index in [4.69, 9.17) is 4.74 Å². The molecular formula is C16H30N2O2. The number of nitrogens with zero attached hydrogens (tertiary/aromatic N) is 1. The van der Waals surface area contributed by atoms with Crippen molar-refractivity contribution in [1.29, 1.82) is 0 Å². The largest absolute Gasteiger partial charge is 0.465 e. The van der Waals surface area contributed by atoms with Crippen molar-refractivity contribution >= 4 is 5.97 Å². The van der Waals surface area contributed by atoms with Crippen molar-refractivity contribution < 1.29 is 9.53 Å². The molecule has 0 aromatic heterocycles. The first kappa shape index (κ1) is 15.8. The van der Waals surface area contributed by atoms with Gasteiger partial charge < -0.3 is 15.0 Å². The molecule has 1 N–H and O–H groups in total. The van der Waals surface area contributed by atoms with E-state index in [1.165, 1.54) is 32.2 Å². The van der Waals surface area contributed by atoms with Gasteiger partial charge in [-0.25, -0.2) is 0 Å². The van der Waals surface area contributed by atoms with Crippen LogP contribution in [0.2, 0.25) is 0 Å². The Kier molecular flexibility index (Phi) is 5.44. The molecule has 2 rings (SSSR count). The maximum atomic E-state index is 12.0. The van der Waals surface area contributed by atoms with Crippen LogP contribution in [0.25, 0.3) is 0 Å². The Balaban J connectivity index is 1.75. The molecule has 0 saturated heterocycles. The molecule has 116 valence electrons. The van der Waals surface area contributed by atoms with Gasteiger partial charge in [0.2, 0.25) is 0 Å². The lowest BCUT2D eigenvalue weighted by molar-refractivity contribution is -0.150. The van der Waals surface area contributed by atoms with Gasteiger partial charge in [-0.15, -0.1) is 0 Å². The van der Waals surface area contributed by atoms with Crippen LogP contribution in [-0.2, 0) is 9.53 Å². The zero-order chi connectivity index (χ0) is 14.6. The molecule has 2 aliphatic carbocycles. The topological polar surface area (TPSA) is 41.6 Å². The lowest BCUT2D eigenvalue weighted by atomic mass is 9.96. The summed E-state index contributed by atoms with van der Waals surface area (Å²) in [6.07, 6.45) is 7.47. The summed E-state index contributed by atoms with van der Waals surface area (Å²) in [6.45, 7) is 6.66. The van der Waals surface area contributed by atoms with Gasteiger partial charge in [0.15, 0.2) is 0 Å². The van der Waals surface area contributed by atoms with Crippen molar-refractivity contribution in [2.24, 2.45) is 5.92 Å². The fraction of sp³-hybridized carbons (Fsp3) is 0.938. The van der Waals surface area contributed by atoms with Crippen molar-refractivity contribution in [2.45, 2.75) is 64.0 Å². The predicted molar refractivity (Wildman–Crippen MR) is 80.7 cm³/mol. The summed E-state index contributed by atoms with van der Waals surface area (Å²) in [4.78, 5) is 14.7. The molecule has 20 heavy (non-hydrogen) atoms. The SMILES string of the molecule is CCOC(=O)C(C)(CCCN(CC1CC1)C1CC1)NC. The number of likely N-dealkylation sites (N-methyl/N-ethyl adjacent to an activating group) is 1. The maximum Gasteiger partial charge on any atom is 0.326 e. The summed E-state index contributed by atoms with van der Waals surface area (Å²) < 4.78 is 5.17. The van der Waals surface area contributed by atoms with E-state index in [1.54, 1.807) is 0 Å². The molecule has 0 aliphatic heterocycles. The number of nitrogens with one attached hydrogen (secondary N) is 1. The Bertz CT molecular complexity index is 326. The quantitative estimate of drug-likeness (QED) is 0.624. The zero-order valence-electron chi connectivity index (χ0n) is 13.3. The highest BCUT2D eigenvalue weighted by Gasteiger charge is 2.35. The first-order valence-corrected chi connectivity index (χ1v) is 8.19. The third kappa shape index (κ3) is 4.45. The molecule has 0 amide bonds. The molecule has 2 aliphatic rings. The monoisotopic (exact) mass is 282 g/mol. The summed E-state index contributed by atoms with van der Waals surface area (Å²) >= 11 is 0. The molecular weight excluding hydrogens is 252 g/mol. The molecule has 0 heterocycles. The van der Waals surface area contributed by atoms with E-state index in [0.717, 1.165) is 31.3 Å². The molecule has 2 fully saturated rings. The van der Waals surface area contributed by atoms with Crippen LogP contribution in [0.4, 0.5) is 0 Å². The zero-order valence-corrected chi connectivity index (χ0v) is 13.3. The highest BCUT2D eigenvalue weighted by Crippen LogP contribution is 2.35. The van der Waals surface area contributed by atoms with Crippen LogP contribution in [0.15, 0.2) is 0 Å². The summed E-state index contributed by atoms with van der Waals surface area (Å²) in [5.41, 5.74) is -0.537. The summed E-state index contributed by atoms with van der Waals surface area (Å²) in [7, 11) is 1.85. The second-order valence-electron chi connectivity index (χ2n) is 6.58. The molecule has 1 unspecified atom stereocenters. The Morgan fingerprint density at radius 2 is 2.05 bits per heavy atom. The van der Waals surface area contributed by atoms with Crippen molar-refractivity contribution in [3.63, 3.8) is 0 Å². The van der Waals surface area contributed by atoms with Crippen LogP contribution in [0.3, 0.4) is 0 Å². The molecule has 0 spiro atoms. The van der Waals surface area contributed by atoms with Gasteiger partial charge in [0.25, 0.3) is 0 Å². The smallest absolute Gasteiger partial charge is 0.326 e. The Labute approximate surface area is 123 Å². The van der Waals surface area contributed by atoms with Crippen LogP contribution in [0.1, 0.15) is 52.4 Å². The lowest BCUT2D eigenvalue weighted by Crippen LogP contribution is -2.49. The molecule has 1 atom stereocenters. The second kappa shape index (κ2) is 6.90. The lowest BCUT2D eigenvalue weighted by Gasteiger charge is -2.28. The minimum absolute atomic E-state index is 0.123. The van der Waals surface area contributed by atoms with Gasteiger partial charge >= 0.3 is 5.97 Å². The van der Waals surface area contributed by atoms with Crippen molar-refractivity contribution in [3.8, 4) is 0 Å². The van der Waals surface area contributed by atoms with Crippen molar-refractivity contribution in [2.75, 3.05) is 26.7 Å². The standard InChI is InChI=1S/C16H30N2O2/c1-4-20-15(19)16(2,17-3)10-5-11-18(14-8-9-14)12-13-6-7-13/h13-14,17H,4-12H2,1-3H3. The Morgan fingerprint density at radius 3 is 2.55 bits per heavy atom. The van der Waals surface area contributed by atoms with Crippen LogP contribution in [0.5, 0.6) is 0 Å². The number of hydrogen-bond donors (Lipinski definition) is 1. The summed E-state index contributed by atoms with van der Waals surface area (Å²) in [6, 6.07) is 0.832. The molecule has 0 aromatic rings. The Morgan fingerprint density at radius 1 is 1.35 bits per heavy atom. The number of rotatable bonds is 10. The number of carbonyl (C=O) groups is 1. The normalized spacial score (nSPS) is 21.8. The Hall–Kier alpha value is -0.610. The van der Waals surface area contributed by atoms with E-state index in [9.17, 15) is 4.79 Å². The van der Waals surface area contributed by atoms with E-state index in [-0.39, 0.29) is 5.97 Å². The first-order valence-electron chi connectivity index (χ1n) is 8.19. The second-order valence-corrected chi connectivity index (χ2v) is 6.58. The van der Waals surface area contributed by atoms with Gasteiger partial charge in [0.05, 0.1) is 6.61 Å². The van der Waals surface area contributed by atoms with Gasteiger partial charge in [0, 0.05) is 12.6 Å². The number of esters is 1. The molecule has 2 saturated carbocycles. The number of carbonyl (C=O) groups excluding carboxylic acids is 1. The molecule has 4 heteroatoms.